The van der Waals surface area contributed by atoms with Crippen LogP contribution >= 0.6 is 0 Å². The molecule has 6 heteroatoms. The highest BCUT2D eigenvalue weighted by Gasteiger charge is 2.08. The SMILES string of the molecule is COc1c(N)ncnc1NCCCN(C)c1ccccc1. The summed E-state index contributed by atoms with van der Waals surface area (Å²) in [5.74, 6) is 1.47. The van der Waals surface area contributed by atoms with E-state index >= 15 is 0 Å². The van der Waals surface area contributed by atoms with Crippen molar-refractivity contribution in [1.82, 2.24) is 9.97 Å². The molecule has 0 atom stereocenters. The first-order chi connectivity index (χ1) is 10.2. The molecule has 1 heterocycles. The molecule has 0 aliphatic carbocycles. The van der Waals surface area contributed by atoms with Crippen LogP contribution in [0.15, 0.2) is 36.7 Å². The second-order valence-electron chi connectivity index (χ2n) is 4.68. The van der Waals surface area contributed by atoms with Gasteiger partial charge in [0.1, 0.15) is 6.33 Å². The Labute approximate surface area is 125 Å². The summed E-state index contributed by atoms with van der Waals surface area (Å²) in [7, 11) is 3.64. The van der Waals surface area contributed by atoms with Gasteiger partial charge in [0, 0.05) is 25.8 Å². The quantitative estimate of drug-likeness (QED) is 0.759. The van der Waals surface area contributed by atoms with E-state index in [2.05, 4.69) is 39.4 Å². The molecule has 0 unspecified atom stereocenters. The van der Waals surface area contributed by atoms with Crippen LogP contribution in [0.2, 0.25) is 0 Å². The first-order valence-corrected chi connectivity index (χ1v) is 6.87. The highest BCUT2D eigenvalue weighted by molar-refractivity contribution is 5.61. The van der Waals surface area contributed by atoms with Crippen LogP contribution in [0.4, 0.5) is 17.3 Å². The summed E-state index contributed by atoms with van der Waals surface area (Å²) in [5.41, 5.74) is 6.95. The van der Waals surface area contributed by atoms with Gasteiger partial charge in [0.15, 0.2) is 11.6 Å². The Kier molecular flexibility index (Phi) is 5.20. The minimum atomic E-state index is 0.344. The van der Waals surface area contributed by atoms with Gasteiger partial charge in [-0.25, -0.2) is 9.97 Å². The van der Waals surface area contributed by atoms with Gasteiger partial charge in [0.2, 0.25) is 5.75 Å². The number of para-hydroxylation sites is 1. The standard InChI is InChI=1S/C15H21N5O/c1-20(12-7-4-3-5-8-12)10-6-9-17-15-13(21-2)14(16)18-11-19-15/h3-5,7-8,11H,6,9-10H2,1-2H3,(H3,16,17,18,19). The summed E-state index contributed by atoms with van der Waals surface area (Å²) in [6.07, 6.45) is 2.40. The maximum atomic E-state index is 5.74. The summed E-state index contributed by atoms with van der Waals surface area (Å²) < 4.78 is 5.20. The highest BCUT2D eigenvalue weighted by Crippen LogP contribution is 2.25. The van der Waals surface area contributed by atoms with Crippen LogP contribution < -0.4 is 20.7 Å². The number of nitrogens with one attached hydrogen (secondary N) is 1. The lowest BCUT2D eigenvalue weighted by Crippen LogP contribution is -2.21. The van der Waals surface area contributed by atoms with Crippen molar-refractivity contribution in [1.29, 1.82) is 0 Å². The first kappa shape index (κ1) is 14.9. The van der Waals surface area contributed by atoms with Crippen molar-refractivity contribution in [2.45, 2.75) is 6.42 Å². The van der Waals surface area contributed by atoms with Crippen LogP contribution in [-0.2, 0) is 0 Å². The maximum absolute atomic E-state index is 5.74. The first-order valence-electron chi connectivity index (χ1n) is 6.87. The Balaban J connectivity index is 1.81. The molecule has 0 aliphatic heterocycles. The lowest BCUT2D eigenvalue weighted by molar-refractivity contribution is 0.415. The zero-order chi connectivity index (χ0) is 15.1. The fraction of sp³-hybridized carbons (Fsp3) is 0.333. The molecule has 0 saturated carbocycles. The number of nitrogens with two attached hydrogens (primary N) is 1. The summed E-state index contributed by atoms with van der Waals surface area (Å²) in [5, 5.41) is 3.23. The molecule has 0 aliphatic rings. The van der Waals surface area contributed by atoms with Gasteiger partial charge < -0.3 is 20.7 Å². The summed E-state index contributed by atoms with van der Waals surface area (Å²) in [6, 6.07) is 10.3. The normalized spacial score (nSPS) is 10.2. The molecule has 0 radical (unpaired) electrons. The third-order valence-corrected chi connectivity index (χ3v) is 3.20. The molecule has 112 valence electrons. The molecule has 1 aromatic heterocycles. The van der Waals surface area contributed by atoms with Crippen LogP contribution in [0, 0.1) is 0 Å². The second kappa shape index (κ2) is 7.33. The Morgan fingerprint density at radius 2 is 2.00 bits per heavy atom. The van der Waals surface area contributed by atoms with Gasteiger partial charge in [-0.15, -0.1) is 0 Å². The van der Waals surface area contributed by atoms with Crippen molar-refractivity contribution in [3.8, 4) is 5.75 Å². The Morgan fingerprint density at radius 1 is 1.24 bits per heavy atom. The molecular formula is C15H21N5O. The molecule has 0 fully saturated rings. The zero-order valence-corrected chi connectivity index (χ0v) is 12.4. The molecule has 2 aromatic rings. The minimum absolute atomic E-state index is 0.344. The van der Waals surface area contributed by atoms with Gasteiger partial charge in [-0.05, 0) is 18.6 Å². The van der Waals surface area contributed by atoms with Crippen LogP contribution in [0.3, 0.4) is 0 Å². The molecule has 1 aromatic carbocycles. The molecule has 0 amide bonds. The Morgan fingerprint density at radius 3 is 2.71 bits per heavy atom. The molecule has 2 rings (SSSR count). The maximum Gasteiger partial charge on any atom is 0.203 e. The van der Waals surface area contributed by atoms with Crippen LogP contribution in [0.1, 0.15) is 6.42 Å². The van der Waals surface area contributed by atoms with Crippen LogP contribution in [-0.4, -0.2) is 37.2 Å². The van der Waals surface area contributed by atoms with Crippen molar-refractivity contribution < 1.29 is 4.74 Å². The van der Waals surface area contributed by atoms with Gasteiger partial charge in [-0.3, -0.25) is 0 Å². The summed E-state index contributed by atoms with van der Waals surface area (Å²) >= 11 is 0. The van der Waals surface area contributed by atoms with Crippen LogP contribution in [0.25, 0.3) is 0 Å². The predicted octanol–water partition coefficient (Wildman–Crippen LogP) is 2.01. The van der Waals surface area contributed by atoms with Crippen molar-refractivity contribution in [2.24, 2.45) is 0 Å². The van der Waals surface area contributed by atoms with E-state index in [-0.39, 0.29) is 0 Å². The van der Waals surface area contributed by atoms with Crippen molar-refractivity contribution in [2.75, 3.05) is 43.2 Å². The van der Waals surface area contributed by atoms with Crippen molar-refractivity contribution in [3.05, 3.63) is 36.7 Å². The topological polar surface area (TPSA) is 76.3 Å². The average molecular weight is 287 g/mol. The fourth-order valence-electron chi connectivity index (χ4n) is 2.05. The van der Waals surface area contributed by atoms with E-state index in [0.717, 1.165) is 19.5 Å². The lowest BCUT2D eigenvalue weighted by Gasteiger charge is -2.19. The molecule has 0 saturated heterocycles. The lowest BCUT2D eigenvalue weighted by atomic mass is 10.3. The number of hydrogen-bond donors (Lipinski definition) is 2. The molecule has 3 N–H and O–H groups in total. The van der Waals surface area contributed by atoms with Gasteiger partial charge in [-0.2, -0.15) is 0 Å². The second-order valence-corrected chi connectivity index (χ2v) is 4.68. The number of ether oxygens (including phenoxy) is 1. The van der Waals surface area contributed by atoms with Crippen molar-refractivity contribution in [3.63, 3.8) is 0 Å². The number of methoxy groups -OCH3 is 1. The number of benzene rings is 1. The minimum Gasteiger partial charge on any atom is -0.490 e. The number of hydrogen-bond acceptors (Lipinski definition) is 6. The smallest absolute Gasteiger partial charge is 0.203 e. The van der Waals surface area contributed by atoms with Crippen molar-refractivity contribution >= 4 is 17.3 Å². The molecular weight excluding hydrogens is 266 g/mol. The van der Waals surface area contributed by atoms with Gasteiger partial charge in [0.25, 0.3) is 0 Å². The number of nitrogens with zero attached hydrogens (tertiary/aromatic N) is 3. The molecule has 0 spiro atoms. The van der Waals surface area contributed by atoms with E-state index in [1.807, 2.05) is 18.2 Å². The van der Waals surface area contributed by atoms with E-state index in [4.69, 9.17) is 10.5 Å². The van der Waals surface area contributed by atoms with Crippen LogP contribution in [0.5, 0.6) is 5.75 Å². The number of aromatic nitrogens is 2. The third kappa shape index (κ3) is 3.98. The fourth-order valence-corrected chi connectivity index (χ4v) is 2.05. The number of anilines is 3. The monoisotopic (exact) mass is 287 g/mol. The zero-order valence-electron chi connectivity index (χ0n) is 12.4. The van der Waals surface area contributed by atoms with E-state index < -0.39 is 0 Å². The number of rotatable bonds is 7. The Bertz CT molecular complexity index is 561. The Hall–Kier alpha value is -2.50. The van der Waals surface area contributed by atoms with E-state index in [9.17, 15) is 0 Å². The molecule has 21 heavy (non-hydrogen) atoms. The summed E-state index contributed by atoms with van der Waals surface area (Å²) in [6.45, 7) is 1.73. The largest absolute Gasteiger partial charge is 0.490 e. The highest BCUT2D eigenvalue weighted by atomic mass is 16.5. The molecule has 0 bridgehead atoms. The van der Waals surface area contributed by atoms with E-state index in [0.29, 0.717) is 17.4 Å². The van der Waals surface area contributed by atoms with Gasteiger partial charge in [0.05, 0.1) is 7.11 Å². The average Bonchev–Trinajstić information content (AvgIpc) is 2.52. The predicted molar refractivity (Wildman–Crippen MR) is 85.8 cm³/mol. The molecule has 6 nitrogen and oxygen atoms in total. The third-order valence-electron chi connectivity index (χ3n) is 3.20. The number of nitrogen functional groups attached to an aromatic ring is 1. The van der Waals surface area contributed by atoms with E-state index in [1.165, 1.54) is 12.0 Å². The van der Waals surface area contributed by atoms with Gasteiger partial charge in [-0.1, -0.05) is 18.2 Å². The van der Waals surface area contributed by atoms with Gasteiger partial charge >= 0.3 is 0 Å². The summed E-state index contributed by atoms with van der Waals surface area (Å²) in [4.78, 5) is 10.3. The van der Waals surface area contributed by atoms with E-state index in [1.54, 1.807) is 7.11 Å².